The van der Waals surface area contributed by atoms with Gasteiger partial charge in [-0.25, -0.2) is 0 Å². The molecule has 0 bridgehead atoms. The van der Waals surface area contributed by atoms with Crippen molar-refractivity contribution in [3.63, 3.8) is 0 Å². The zero-order chi connectivity index (χ0) is 10.0. The van der Waals surface area contributed by atoms with Crippen LogP contribution < -0.4 is 11.1 Å². The molecule has 0 unspecified atom stereocenters. The molecule has 0 saturated heterocycles. The molecule has 0 atom stereocenters. The number of carbonyl (C=O) groups is 1. The Bertz CT molecular complexity index is 352. The van der Waals surface area contributed by atoms with Crippen LogP contribution >= 0.6 is 31.9 Å². The Kier molecular flexibility index (Phi) is 3.33. The molecule has 3 nitrogen and oxygen atoms in total. The Morgan fingerprint density at radius 2 is 2.00 bits per heavy atom. The van der Waals surface area contributed by atoms with E-state index in [0.717, 1.165) is 8.95 Å². The number of carbonyl (C=O) groups excluding carboxylic acids is 1. The third-order valence-corrected chi connectivity index (χ3v) is 2.74. The van der Waals surface area contributed by atoms with Crippen LogP contribution in [0.4, 0.5) is 11.4 Å². The zero-order valence-electron chi connectivity index (χ0n) is 6.90. The number of amides is 1. The van der Waals surface area contributed by atoms with Crippen molar-refractivity contribution in [1.82, 2.24) is 0 Å². The SMILES string of the molecule is CC(=O)Nc1cc(N)c(Br)cc1Br. The summed E-state index contributed by atoms with van der Waals surface area (Å²) in [6.45, 7) is 1.45. The number of nitrogens with two attached hydrogens (primary N) is 1. The van der Waals surface area contributed by atoms with Gasteiger partial charge in [0.2, 0.25) is 5.91 Å². The summed E-state index contributed by atoms with van der Waals surface area (Å²) in [4.78, 5) is 10.8. The number of hydrogen-bond donors (Lipinski definition) is 2. The molecule has 0 aliphatic heterocycles. The Morgan fingerprint density at radius 3 is 2.54 bits per heavy atom. The molecule has 0 aliphatic rings. The van der Waals surface area contributed by atoms with Crippen LogP contribution in [0.2, 0.25) is 0 Å². The average Bonchev–Trinajstić information content (AvgIpc) is 1.99. The monoisotopic (exact) mass is 306 g/mol. The summed E-state index contributed by atoms with van der Waals surface area (Å²) in [5, 5.41) is 2.65. The van der Waals surface area contributed by atoms with Gasteiger partial charge in [0.05, 0.1) is 5.69 Å². The van der Waals surface area contributed by atoms with E-state index in [2.05, 4.69) is 37.2 Å². The first-order valence-corrected chi connectivity index (χ1v) is 5.11. The number of anilines is 2. The van der Waals surface area contributed by atoms with E-state index in [1.165, 1.54) is 6.92 Å². The van der Waals surface area contributed by atoms with Crippen LogP contribution in [0, 0.1) is 0 Å². The highest BCUT2D eigenvalue weighted by molar-refractivity contribution is 9.11. The van der Waals surface area contributed by atoms with Gasteiger partial charge in [0.15, 0.2) is 0 Å². The lowest BCUT2D eigenvalue weighted by atomic mass is 10.3. The number of benzene rings is 1. The molecule has 0 aliphatic carbocycles. The Morgan fingerprint density at radius 1 is 1.38 bits per heavy atom. The Labute approximate surface area is 92.9 Å². The maximum atomic E-state index is 10.8. The molecule has 13 heavy (non-hydrogen) atoms. The van der Waals surface area contributed by atoms with Gasteiger partial charge in [-0.3, -0.25) is 4.79 Å². The molecule has 3 N–H and O–H groups in total. The summed E-state index contributed by atoms with van der Waals surface area (Å²) in [5.41, 5.74) is 6.91. The smallest absolute Gasteiger partial charge is 0.221 e. The van der Waals surface area contributed by atoms with Gasteiger partial charge in [-0.15, -0.1) is 0 Å². The van der Waals surface area contributed by atoms with E-state index < -0.39 is 0 Å². The maximum Gasteiger partial charge on any atom is 0.221 e. The molecule has 1 aromatic carbocycles. The number of hydrogen-bond acceptors (Lipinski definition) is 2. The second-order valence-electron chi connectivity index (χ2n) is 2.53. The summed E-state index contributed by atoms with van der Waals surface area (Å²) in [5.74, 6) is -0.123. The fourth-order valence-electron chi connectivity index (χ4n) is 0.851. The van der Waals surface area contributed by atoms with Crippen molar-refractivity contribution in [3.05, 3.63) is 21.1 Å². The first-order chi connectivity index (χ1) is 6.00. The molecule has 0 radical (unpaired) electrons. The lowest BCUT2D eigenvalue weighted by Crippen LogP contribution is -2.06. The van der Waals surface area contributed by atoms with Gasteiger partial charge in [0.25, 0.3) is 0 Å². The van der Waals surface area contributed by atoms with E-state index in [4.69, 9.17) is 5.73 Å². The van der Waals surface area contributed by atoms with Gasteiger partial charge in [0.1, 0.15) is 0 Å². The first-order valence-electron chi connectivity index (χ1n) is 3.53. The third-order valence-electron chi connectivity index (χ3n) is 1.40. The van der Waals surface area contributed by atoms with E-state index in [0.29, 0.717) is 11.4 Å². The highest BCUT2D eigenvalue weighted by Crippen LogP contribution is 2.31. The molecule has 5 heteroatoms. The van der Waals surface area contributed by atoms with E-state index in [1.54, 1.807) is 12.1 Å². The van der Waals surface area contributed by atoms with Crippen LogP contribution in [0.1, 0.15) is 6.92 Å². The summed E-state index contributed by atoms with van der Waals surface area (Å²) in [6, 6.07) is 3.48. The lowest BCUT2D eigenvalue weighted by molar-refractivity contribution is -0.114. The zero-order valence-corrected chi connectivity index (χ0v) is 10.1. The number of nitrogen functional groups attached to an aromatic ring is 1. The molecule has 1 aromatic rings. The van der Waals surface area contributed by atoms with Crippen molar-refractivity contribution in [3.8, 4) is 0 Å². The summed E-state index contributed by atoms with van der Waals surface area (Å²) < 4.78 is 1.59. The van der Waals surface area contributed by atoms with E-state index in [1.807, 2.05) is 0 Å². The molecule has 0 fully saturated rings. The minimum absolute atomic E-state index is 0.123. The van der Waals surface area contributed by atoms with Gasteiger partial charge in [-0.2, -0.15) is 0 Å². The normalized spacial score (nSPS) is 9.77. The van der Waals surface area contributed by atoms with Crippen LogP contribution in [-0.2, 0) is 4.79 Å². The molecular weight excluding hydrogens is 300 g/mol. The number of nitrogens with one attached hydrogen (secondary N) is 1. The molecule has 0 aromatic heterocycles. The summed E-state index contributed by atoms with van der Waals surface area (Å²) >= 11 is 6.59. The second kappa shape index (κ2) is 4.11. The molecule has 0 saturated carbocycles. The van der Waals surface area contributed by atoms with Gasteiger partial charge < -0.3 is 11.1 Å². The largest absolute Gasteiger partial charge is 0.398 e. The first kappa shape index (κ1) is 10.5. The summed E-state index contributed by atoms with van der Waals surface area (Å²) in [7, 11) is 0. The third kappa shape index (κ3) is 2.70. The van der Waals surface area contributed by atoms with Gasteiger partial charge >= 0.3 is 0 Å². The highest BCUT2D eigenvalue weighted by Gasteiger charge is 2.05. The van der Waals surface area contributed by atoms with E-state index in [9.17, 15) is 4.79 Å². The van der Waals surface area contributed by atoms with Crippen LogP contribution in [0.15, 0.2) is 21.1 Å². The van der Waals surface area contributed by atoms with Crippen LogP contribution in [0.3, 0.4) is 0 Å². The van der Waals surface area contributed by atoms with Gasteiger partial charge in [0, 0.05) is 21.6 Å². The molecule has 0 spiro atoms. The van der Waals surface area contributed by atoms with Crippen LogP contribution in [0.25, 0.3) is 0 Å². The minimum atomic E-state index is -0.123. The van der Waals surface area contributed by atoms with Crippen molar-refractivity contribution < 1.29 is 4.79 Å². The Hall–Kier alpha value is -0.550. The van der Waals surface area contributed by atoms with Gasteiger partial charge in [-0.05, 0) is 44.0 Å². The van der Waals surface area contributed by atoms with Crippen molar-refractivity contribution in [2.24, 2.45) is 0 Å². The van der Waals surface area contributed by atoms with Gasteiger partial charge in [-0.1, -0.05) is 0 Å². The molecule has 1 amide bonds. The maximum absolute atomic E-state index is 10.8. The molecule has 0 heterocycles. The average molecular weight is 308 g/mol. The van der Waals surface area contributed by atoms with Crippen molar-refractivity contribution in [2.45, 2.75) is 6.92 Å². The fourth-order valence-corrected chi connectivity index (χ4v) is 1.94. The van der Waals surface area contributed by atoms with E-state index >= 15 is 0 Å². The molecular formula is C8H8Br2N2O. The number of halogens is 2. The fraction of sp³-hybridized carbons (Fsp3) is 0.125. The quantitative estimate of drug-likeness (QED) is 0.784. The van der Waals surface area contributed by atoms with Crippen molar-refractivity contribution in [1.29, 1.82) is 0 Å². The Balaban J connectivity index is 3.08. The van der Waals surface area contributed by atoms with Crippen molar-refractivity contribution >= 4 is 49.1 Å². The van der Waals surface area contributed by atoms with E-state index in [-0.39, 0.29) is 5.91 Å². The second-order valence-corrected chi connectivity index (χ2v) is 4.24. The predicted octanol–water partition coefficient (Wildman–Crippen LogP) is 2.75. The summed E-state index contributed by atoms with van der Waals surface area (Å²) in [6.07, 6.45) is 0. The van der Waals surface area contributed by atoms with Crippen LogP contribution in [-0.4, -0.2) is 5.91 Å². The van der Waals surface area contributed by atoms with Crippen molar-refractivity contribution in [2.75, 3.05) is 11.1 Å². The lowest BCUT2D eigenvalue weighted by Gasteiger charge is -2.07. The van der Waals surface area contributed by atoms with Crippen LogP contribution in [0.5, 0.6) is 0 Å². The molecule has 1 rings (SSSR count). The highest BCUT2D eigenvalue weighted by atomic mass is 79.9. The minimum Gasteiger partial charge on any atom is -0.398 e. The topological polar surface area (TPSA) is 55.1 Å². The predicted molar refractivity (Wildman–Crippen MR) is 60.6 cm³/mol. The number of rotatable bonds is 1. The standard InChI is InChI=1S/C8H8Br2N2O/c1-4(13)12-8-3-7(11)5(9)2-6(8)10/h2-3H,11H2,1H3,(H,12,13). The molecule has 70 valence electrons.